The highest BCUT2D eigenvalue weighted by molar-refractivity contribution is 6.18. The van der Waals surface area contributed by atoms with Crippen molar-refractivity contribution in [3.8, 4) is 11.3 Å². The van der Waals surface area contributed by atoms with E-state index in [2.05, 4.69) is 0 Å². The third-order valence-corrected chi connectivity index (χ3v) is 4.66. The maximum Gasteiger partial charge on any atom is 0.361 e. The molecule has 0 amide bonds. The summed E-state index contributed by atoms with van der Waals surface area (Å²) in [6.07, 6.45) is 0. The molecular formula is C22H19NO4. The fourth-order valence-corrected chi connectivity index (χ4v) is 3.62. The van der Waals surface area contributed by atoms with Crippen LogP contribution >= 0.6 is 0 Å². The number of hydrogen-bond acceptors (Lipinski definition) is 4. The third-order valence-electron chi connectivity index (χ3n) is 4.66. The summed E-state index contributed by atoms with van der Waals surface area (Å²) in [4.78, 5) is 25.8. The van der Waals surface area contributed by atoms with Gasteiger partial charge < -0.3 is 13.7 Å². The second-order valence-electron chi connectivity index (χ2n) is 6.16. The van der Waals surface area contributed by atoms with E-state index in [1.807, 2.05) is 54.0 Å². The van der Waals surface area contributed by atoms with Crippen molar-refractivity contribution in [2.24, 2.45) is 0 Å². The average molecular weight is 361 g/mol. The smallest absolute Gasteiger partial charge is 0.361 e. The van der Waals surface area contributed by atoms with Gasteiger partial charge in [-0.05, 0) is 25.5 Å². The Labute approximate surface area is 155 Å². The molecule has 0 saturated heterocycles. The van der Waals surface area contributed by atoms with Gasteiger partial charge in [-0.15, -0.1) is 0 Å². The van der Waals surface area contributed by atoms with Gasteiger partial charge in [-0.3, -0.25) is 0 Å². The molecular weight excluding hydrogens is 342 g/mol. The van der Waals surface area contributed by atoms with E-state index < -0.39 is 11.6 Å². The lowest BCUT2D eigenvalue weighted by atomic mass is 10.0. The van der Waals surface area contributed by atoms with E-state index in [0.29, 0.717) is 34.3 Å². The average Bonchev–Trinajstić information content (AvgIpc) is 3.05. The zero-order valence-corrected chi connectivity index (χ0v) is 15.2. The van der Waals surface area contributed by atoms with Crippen molar-refractivity contribution in [2.75, 3.05) is 6.61 Å². The molecule has 0 bridgehead atoms. The van der Waals surface area contributed by atoms with Crippen molar-refractivity contribution >= 4 is 27.8 Å². The zero-order valence-electron chi connectivity index (χ0n) is 15.2. The predicted molar refractivity (Wildman–Crippen MR) is 105 cm³/mol. The largest absolute Gasteiger partial charge is 0.462 e. The van der Waals surface area contributed by atoms with Crippen LogP contribution in [0.1, 0.15) is 24.2 Å². The van der Waals surface area contributed by atoms with Crippen molar-refractivity contribution in [3.63, 3.8) is 0 Å². The van der Waals surface area contributed by atoms with Crippen LogP contribution < -0.4 is 5.63 Å². The maximum atomic E-state index is 13.0. The number of ether oxygens (including phenoxy) is 1. The third kappa shape index (κ3) is 2.63. The van der Waals surface area contributed by atoms with Crippen LogP contribution in [0.5, 0.6) is 0 Å². The molecule has 2 aromatic heterocycles. The van der Waals surface area contributed by atoms with Crippen molar-refractivity contribution in [1.82, 2.24) is 4.57 Å². The van der Waals surface area contributed by atoms with Crippen LogP contribution in [-0.2, 0) is 11.3 Å². The molecule has 0 N–H and O–H groups in total. The quantitative estimate of drug-likeness (QED) is 0.393. The molecule has 4 aromatic rings. The summed E-state index contributed by atoms with van der Waals surface area (Å²) in [5.41, 5.74) is 2.31. The Hall–Kier alpha value is -3.34. The fraction of sp³-hybridized carbons (Fsp3) is 0.182. The van der Waals surface area contributed by atoms with E-state index in [4.69, 9.17) is 9.15 Å². The lowest BCUT2D eigenvalue weighted by Gasteiger charge is -2.09. The number of esters is 1. The number of hydrogen-bond donors (Lipinski definition) is 0. The Morgan fingerprint density at radius 2 is 1.74 bits per heavy atom. The van der Waals surface area contributed by atoms with Crippen LogP contribution in [0.4, 0.5) is 0 Å². The minimum atomic E-state index is -0.460. The molecule has 5 nitrogen and oxygen atoms in total. The summed E-state index contributed by atoms with van der Waals surface area (Å²) in [5.74, 6) is -0.440. The Morgan fingerprint density at radius 1 is 1.04 bits per heavy atom. The van der Waals surface area contributed by atoms with Gasteiger partial charge in [0.25, 0.3) is 0 Å². The summed E-state index contributed by atoms with van der Waals surface area (Å²) >= 11 is 0. The van der Waals surface area contributed by atoms with Crippen LogP contribution in [0.3, 0.4) is 0 Å². The molecule has 0 radical (unpaired) electrons. The maximum absolute atomic E-state index is 13.0. The Morgan fingerprint density at radius 3 is 2.44 bits per heavy atom. The second-order valence-corrected chi connectivity index (χ2v) is 6.16. The molecule has 0 saturated carbocycles. The normalized spacial score (nSPS) is 11.2. The van der Waals surface area contributed by atoms with Crippen molar-refractivity contribution in [1.29, 1.82) is 0 Å². The van der Waals surface area contributed by atoms with Crippen LogP contribution in [0.15, 0.2) is 63.8 Å². The van der Waals surface area contributed by atoms with E-state index in [1.54, 1.807) is 19.1 Å². The van der Waals surface area contributed by atoms with Gasteiger partial charge in [0.2, 0.25) is 0 Å². The van der Waals surface area contributed by atoms with Gasteiger partial charge in [-0.2, -0.15) is 0 Å². The number of benzene rings is 2. The summed E-state index contributed by atoms with van der Waals surface area (Å²) in [7, 11) is 0. The van der Waals surface area contributed by atoms with Gasteiger partial charge in [0.15, 0.2) is 0 Å². The number of carbonyl (C=O) groups is 1. The number of carbonyl (C=O) groups excluding carboxylic acids is 1. The predicted octanol–water partition coefficient (Wildman–Crippen LogP) is 4.61. The first kappa shape index (κ1) is 17.1. The first-order valence-corrected chi connectivity index (χ1v) is 8.97. The Bertz CT molecular complexity index is 1200. The molecule has 136 valence electrons. The van der Waals surface area contributed by atoms with Crippen LogP contribution in [0.25, 0.3) is 33.1 Å². The number of aromatic nitrogens is 1. The van der Waals surface area contributed by atoms with E-state index >= 15 is 0 Å². The first-order chi connectivity index (χ1) is 13.2. The molecule has 0 aliphatic heterocycles. The van der Waals surface area contributed by atoms with Crippen LogP contribution in [-0.4, -0.2) is 17.1 Å². The molecule has 0 aliphatic carbocycles. The molecule has 0 fully saturated rings. The van der Waals surface area contributed by atoms with E-state index in [1.165, 1.54) is 0 Å². The van der Waals surface area contributed by atoms with E-state index in [0.717, 1.165) is 10.9 Å². The zero-order chi connectivity index (χ0) is 19.0. The molecule has 2 heterocycles. The molecule has 0 spiro atoms. The van der Waals surface area contributed by atoms with Gasteiger partial charge in [0.05, 0.1) is 17.9 Å². The molecule has 27 heavy (non-hydrogen) atoms. The Balaban J connectivity index is 2.26. The monoisotopic (exact) mass is 361 g/mol. The first-order valence-electron chi connectivity index (χ1n) is 8.97. The molecule has 5 heteroatoms. The highest BCUT2D eigenvalue weighted by Crippen LogP contribution is 2.36. The SMILES string of the molecule is CCOC(=O)c1c(-c2ccccc2)n(CC)c2c(=O)oc3ccccc3c12. The van der Waals surface area contributed by atoms with Crippen molar-refractivity contribution < 1.29 is 13.9 Å². The number of rotatable bonds is 4. The summed E-state index contributed by atoms with van der Waals surface area (Å²) in [6, 6.07) is 16.8. The van der Waals surface area contributed by atoms with Crippen LogP contribution in [0, 0.1) is 0 Å². The molecule has 0 aliphatic rings. The van der Waals surface area contributed by atoms with Crippen molar-refractivity contribution in [3.05, 3.63) is 70.6 Å². The van der Waals surface area contributed by atoms with Gasteiger partial charge >= 0.3 is 11.6 Å². The topological polar surface area (TPSA) is 61.4 Å². The highest BCUT2D eigenvalue weighted by atomic mass is 16.5. The van der Waals surface area contributed by atoms with E-state index in [9.17, 15) is 9.59 Å². The highest BCUT2D eigenvalue weighted by Gasteiger charge is 2.28. The summed E-state index contributed by atoms with van der Waals surface area (Å²) in [6.45, 7) is 4.48. The lowest BCUT2D eigenvalue weighted by Crippen LogP contribution is -2.08. The molecule has 0 atom stereocenters. The summed E-state index contributed by atoms with van der Waals surface area (Å²) in [5, 5.41) is 1.31. The number of aryl methyl sites for hydroxylation is 1. The minimum Gasteiger partial charge on any atom is -0.462 e. The van der Waals surface area contributed by atoms with Gasteiger partial charge in [-0.1, -0.05) is 48.5 Å². The molecule has 2 aromatic carbocycles. The lowest BCUT2D eigenvalue weighted by molar-refractivity contribution is 0.0529. The fourth-order valence-electron chi connectivity index (χ4n) is 3.62. The second kappa shape index (κ2) is 6.76. The molecule has 0 unspecified atom stereocenters. The van der Waals surface area contributed by atoms with E-state index in [-0.39, 0.29) is 6.61 Å². The number of para-hydroxylation sites is 1. The Kier molecular flexibility index (Phi) is 4.28. The van der Waals surface area contributed by atoms with Gasteiger partial charge in [0.1, 0.15) is 11.1 Å². The molecule has 4 rings (SSSR count). The van der Waals surface area contributed by atoms with Crippen LogP contribution in [0.2, 0.25) is 0 Å². The van der Waals surface area contributed by atoms with Crippen molar-refractivity contribution in [2.45, 2.75) is 20.4 Å². The standard InChI is InChI=1S/C22H19NO4/c1-3-23-19(14-10-6-5-7-11-14)18(21(24)26-4-2)17-15-12-8-9-13-16(15)27-22(25)20(17)23/h5-13H,3-4H2,1-2H3. The van der Waals surface area contributed by atoms with Gasteiger partial charge in [0, 0.05) is 17.3 Å². The van der Waals surface area contributed by atoms with Gasteiger partial charge in [-0.25, -0.2) is 9.59 Å². The summed E-state index contributed by atoms with van der Waals surface area (Å²) < 4.78 is 12.7. The minimum absolute atomic E-state index is 0.255. The number of fused-ring (bicyclic) bond motifs is 3. The number of nitrogens with zero attached hydrogens (tertiary/aromatic N) is 1.